The Morgan fingerprint density at radius 3 is 2.38 bits per heavy atom. The van der Waals surface area contributed by atoms with Crippen molar-refractivity contribution < 1.29 is 14.3 Å². The Hall–Kier alpha value is -1.69. The van der Waals surface area contributed by atoms with Gasteiger partial charge in [0, 0.05) is 11.3 Å². The summed E-state index contributed by atoms with van der Waals surface area (Å²) in [5.41, 5.74) is 8.75. The molecule has 5 nitrogen and oxygen atoms in total. The van der Waals surface area contributed by atoms with Crippen LogP contribution in [0.5, 0.6) is 0 Å². The van der Waals surface area contributed by atoms with Gasteiger partial charge in [0.25, 0.3) is 5.91 Å². The van der Waals surface area contributed by atoms with Gasteiger partial charge in [-0.2, -0.15) is 11.8 Å². The molecule has 0 heterocycles. The Labute approximate surface area is 129 Å². The zero-order valence-electron chi connectivity index (χ0n) is 12.9. The van der Waals surface area contributed by atoms with E-state index < -0.39 is 12.0 Å². The number of nitrogens with two attached hydrogens (primary N) is 1. The maximum atomic E-state index is 12.3. The van der Waals surface area contributed by atoms with E-state index in [4.69, 9.17) is 10.5 Å². The summed E-state index contributed by atoms with van der Waals surface area (Å²) in [7, 11) is 1.32. The number of hydrogen-bond donors (Lipinski definition) is 2. The van der Waals surface area contributed by atoms with E-state index in [0.717, 1.165) is 16.9 Å². The third kappa shape index (κ3) is 4.67. The van der Waals surface area contributed by atoms with Crippen LogP contribution in [0.15, 0.2) is 12.1 Å². The van der Waals surface area contributed by atoms with E-state index >= 15 is 0 Å². The molecule has 1 amide bonds. The van der Waals surface area contributed by atoms with Crippen LogP contribution in [0.2, 0.25) is 0 Å². The lowest BCUT2D eigenvalue weighted by atomic mass is 10.0. The number of carbonyl (C=O) groups excluding carboxylic acids is 2. The molecule has 0 spiro atoms. The summed E-state index contributed by atoms with van der Waals surface area (Å²) in [6.07, 6.45) is 2.48. The number of aryl methyl sites for hydroxylation is 2. The highest BCUT2D eigenvalue weighted by molar-refractivity contribution is 7.98. The van der Waals surface area contributed by atoms with Crippen molar-refractivity contribution >= 4 is 29.3 Å². The van der Waals surface area contributed by atoms with Crippen molar-refractivity contribution in [3.8, 4) is 0 Å². The Balaban J connectivity index is 2.88. The van der Waals surface area contributed by atoms with Crippen molar-refractivity contribution in [3.05, 3.63) is 28.8 Å². The average molecular weight is 310 g/mol. The Morgan fingerprint density at radius 1 is 1.33 bits per heavy atom. The average Bonchev–Trinajstić information content (AvgIpc) is 2.47. The lowest BCUT2D eigenvalue weighted by molar-refractivity contribution is -0.142. The molecule has 21 heavy (non-hydrogen) atoms. The molecule has 6 heteroatoms. The van der Waals surface area contributed by atoms with Gasteiger partial charge < -0.3 is 15.8 Å². The van der Waals surface area contributed by atoms with Crippen LogP contribution in [-0.4, -0.2) is 37.0 Å². The van der Waals surface area contributed by atoms with E-state index in [9.17, 15) is 9.59 Å². The first-order valence-corrected chi connectivity index (χ1v) is 8.04. The van der Waals surface area contributed by atoms with E-state index in [0.29, 0.717) is 17.7 Å². The van der Waals surface area contributed by atoms with E-state index in [1.807, 2.05) is 20.1 Å². The SMILES string of the molecule is COC(=O)[C@@H](CCSC)NC(=O)c1cc(C)c(N)c(C)c1. The Bertz CT molecular complexity index is 509. The zero-order chi connectivity index (χ0) is 16.0. The van der Waals surface area contributed by atoms with Crippen LogP contribution in [-0.2, 0) is 9.53 Å². The summed E-state index contributed by atoms with van der Waals surface area (Å²) in [6, 6.07) is 2.81. The summed E-state index contributed by atoms with van der Waals surface area (Å²) < 4.78 is 4.73. The molecule has 0 aliphatic heterocycles. The quantitative estimate of drug-likeness (QED) is 0.619. The molecule has 1 aromatic rings. The molecule has 0 aliphatic carbocycles. The maximum Gasteiger partial charge on any atom is 0.328 e. The molecule has 3 N–H and O–H groups in total. The first-order valence-electron chi connectivity index (χ1n) is 6.65. The van der Waals surface area contributed by atoms with E-state index in [1.54, 1.807) is 23.9 Å². The molecular weight excluding hydrogens is 288 g/mol. The number of methoxy groups -OCH3 is 1. The van der Waals surface area contributed by atoms with Crippen LogP contribution in [0.1, 0.15) is 27.9 Å². The van der Waals surface area contributed by atoms with Gasteiger partial charge in [-0.1, -0.05) is 0 Å². The van der Waals surface area contributed by atoms with Crippen LogP contribution in [0.3, 0.4) is 0 Å². The number of esters is 1. The monoisotopic (exact) mass is 310 g/mol. The fraction of sp³-hybridized carbons (Fsp3) is 0.467. The number of nitrogens with one attached hydrogen (secondary N) is 1. The molecule has 0 fully saturated rings. The van der Waals surface area contributed by atoms with Crippen molar-refractivity contribution in [3.63, 3.8) is 0 Å². The van der Waals surface area contributed by atoms with Gasteiger partial charge in [-0.3, -0.25) is 4.79 Å². The van der Waals surface area contributed by atoms with Crippen LogP contribution >= 0.6 is 11.8 Å². The molecule has 0 saturated heterocycles. The number of ether oxygens (including phenoxy) is 1. The van der Waals surface area contributed by atoms with Gasteiger partial charge in [-0.25, -0.2) is 4.79 Å². The lowest BCUT2D eigenvalue weighted by Gasteiger charge is -2.17. The first-order chi connectivity index (χ1) is 9.90. The minimum atomic E-state index is -0.631. The van der Waals surface area contributed by atoms with E-state index in [2.05, 4.69) is 5.32 Å². The second-order valence-electron chi connectivity index (χ2n) is 4.85. The van der Waals surface area contributed by atoms with Gasteiger partial charge in [0.15, 0.2) is 0 Å². The van der Waals surface area contributed by atoms with Gasteiger partial charge in [0.05, 0.1) is 7.11 Å². The van der Waals surface area contributed by atoms with Crippen LogP contribution < -0.4 is 11.1 Å². The van der Waals surface area contributed by atoms with E-state index in [-0.39, 0.29) is 5.91 Å². The lowest BCUT2D eigenvalue weighted by Crippen LogP contribution is -2.42. The summed E-state index contributed by atoms with van der Waals surface area (Å²) >= 11 is 1.61. The summed E-state index contributed by atoms with van der Waals surface area (Å²) in [6.45, 7) is 3.70. The third-order valence-electron chi connectivity index (χ3n) is 3.26. The number of rotatable bonds is 6. The normalized spacial score (nSPS) is 11.8. The van der Waals surface area contributed by atoms with Crippen molar-refractivity contribution in [2.75, 3.05) is 24.9 Å². The molecule has 1 atom stereocenters. The highest BCUT2D eigenvalue weighted by Crippen LogP contribution is 2.18. The van der Waals surface area contributed by atoms with Crippen molar-refractivity contribution in [2.24, 2.45) is 0 Å². The van der Waals surface area contributed by atoms with E-state index in [1.165, 1.54) is 7.11 Å². The van der Waals surface area contributed by atoms with Crippen molar-refractivity contribution in [1.29, 1.82) is 0 Å². The smallest absolute Gasteiger partial charge is 0.328 e. The molecule has 0 bridgehead atoms. The number of hydrogen-bond acceptors (Lipinski definition) is 5. The molecule has 0 unspecified atom stereocenters. The molecule has 1 rings (SSSR count). The third-order valence-corrected chi connectivity index (χ3v) is 3.90. The first kappa shape index (κ1) is 17.4. The van der Waals surface area contributed by atoms with Crippen LogP contribution in [0, 0.1) is 13.8 Å². The summed E-state index contributed by atoms with van der Waals surface area (Å²) in [5, 5.41) is 2.73. The highest BCUT2D eigenvalue weighted by Gasteiger charge is 2.22. The summed E-state index contributed by atoms with van der Waals surface area (Å²) in [4.78, 5) is 24.0. The Morgan fingerprint density at radius 2 is 1.90 bits per heavy atom. The number of nitrogen functional groups attached to an aromatic ring is 1. The number of anilines is 1. The number of carbonyl (C=O) groups is 2. The van der Waals surface area contributed by atoms with Gasteiger partial charge in [-0.15, -0.1) is 0 Å². The maximum absolute atomic E-state index is 12.3. The minimum absolute atomic E-state index is 0.294. The predicted octanol–water partition coefficient (Wildman–Crippen LogP) is 1.91. The number of thioether (sulfide) groups is 1. The molecule has 0 aromatic heterocycles. The number of amides is 1. The van der Waals surface area contributed by atoms with Gasteiger partial charge >= 0.3 is 5.97 Å². The largest absolute Gasteiger partial charge is 0.467 e. The highest BCUT2D eigenvalue weighted by atomic mass is 32.2. The molecule has 0 aliphatic rings. The molecule has 1 aromatic carbocycles. The van der Waals surface area contributed by atoms with Crippen molar-refractivity contribution in [2.45, 2.75) is 26.3 Å². The minimum Gasteiger partial charge on any atom is -0.467 e. The second-order valence-corrected chi connectivity index (χ2v) is 5.84. The number of benzene rings is 1. The molecule has 0 saturated carbocycles. The van der Waals surface area contributed by atoms with Crippen LogP contribution in [0.4, 0.5) is 5.69 Å². The standard InChI is InChI=1S/C15H22N2O3S/c1-9-7-11(8-10(2)13(9)16)14(18)17-12(5-6-21-4)15(19)20-3/h7-8,12H,5-6,16H2,1-4H3,(H,17,18)/t12-/m1/s1. The Kier molecular flexibility index (Phi) is 6.55. The topological polar surface area (TPSA) is 81.4 Å². The van der Waals surface area contributed by atoms with Crippen molar-refractivity contribution in [1.82, 2.24) is 5.32 Å². The second kappa shape index (κ2) is 7.93. The molecular formula is C15H22N2O3S. The van der Waals surface area contributed by atoms with Gasteiger partial charge in [-0.05, 0) is 55.5 Å². The zero-order valence-corrected chi connectivity index (χ0v) is 13.7. The molecule has 0 radical (unpaired) electrons. The predicted molar refractivity (Wildman–Crippen MR) is 86.6 cm³/mol. The van der Waals surface area contributed by atoms with Crippen LogP contribution in [0.25, 0.3) is 0 Å². The van der Waals surface area contributed by atoms with Gasteiger partial charge in [0.2, 0.25) is 0 Å². The fourth-order valence-electron chi connectivity index (χ4n) is 1.97. The summed E-state index contributed by atoms with van der Waals surface area (Å²) in [5.74, 6) is 0.0406. The fourth-order valence-corrected chi connectivity index (χ4v) is 2.45. The molecule has 116 valence electrons. The van der Waals surface area contributed by atoms with Gasteiger partial charge in [0.1, 0.15) is 6.04 Å².